The molecular weight excluding hydrogens is 447 g/mol. The topological polar surface area (TPSA) is 144 Å². The van der Waals surface area contributed by atoms with Gasteiger partial charge >= 0.3 is 0 Å². The second-order valence-electron chi connectivity index (χ2n) is 6.28. The number of rotatable bonds is 6. The van der Waals surface area contributed by atoms with E-state index in [-0.39, 0.29) is 38.4 Å². The molecule has 0 bridgehead atoms. The first-order valence-corrected chi connectivity index (χ1v) is 9.43. The van der Waals surface area contributed by atoms with Crippen molar-refractivity contribution in [3.05, 3.63) is 67.7 Å². The van der Waals surface area contributed by atoms with Gasteiger partial charge in [0.25, 0.3) is 5.69 Å². The quantitative estimate of drug-likeness (QED) is 0.238. The molecule has 31 heavy (non-hydrogen) atoms. The lowest BCUT2D eigenvalue weighted by molar-refractivity contribution is -0.384. The van der Waals surface area contributed by atoms with Gasteiger partial charge in [0.2, 0.25) is 11.3 Å². The van der Waals surface area contributed by atoms with Crippen LogP contribution in [0, 0.1) is 17.0 Å². The van der Waals surface area contributed by atoms with Gasteiger partial charge in [0.05, 0.1) is 16.2 Å². The zero-order chi connectivity index (χ0) is 22.0. The molecular formula is C18H12Cl2N8O3. The lowest BCUT2D eigenvalue weighted by Crippen LogP contribution is -2.03. The zero-order valence-electron chi connectivity index (χ0n) is 15.7. The fourth-order valence-corrected chi connectivity index (χ4v) is 3.03. The normalized spacial score (nSPS) is 11.2. The van der Waals surface area contributed by atoms with Gasteiger partial charge in [-0.3, -0.25) is 15.5 Å². The number of nitro groups is 1. The molecule has 4 aromatic rings. The van der Waals surface area contributed by atoms with Crippen LogP contribution in [0.25, 0.3) is 11.3 Å². The molecule has 0 aliphatic carbocycles. The Kier molecular flexibility index (Phi) is 5.60. The van der Waals surface area contributed by atoms with Crippen LogP contribution in [0.15, 0.2) is 46.1 Å². The molecule has 0 saturated carbocycles. The lowest BCUT2D eigenvalue weighted by atomic mass is 10.2. The largest absolute Gasteiger partial charge is 0.337 e. The maximum absolute atomic E-state index is 11.1. The van der Waals surface area contributed by atoms with Crippen molar-refractivity contribution in [1.29, 1.82) is 0 Å². The maximum atomic E-state index is 11.1. The number of hydrogen-bond acceptors (Lipinski definition) is 10. The summed E-state index contributed by atoms with van der Waals surface area (Å²) in [6.45, 7) is 1.98. The van der Waals surface area contributed by atoms with Crippen LogP contribution in [-0.4, -0.2) is 31.4 Å². The predicted octanol–water partition coefficient (Wildman–Crippen LogP) is 4.73. The van der Waals surface area contributed by atoms with Crippen molar-refractivity contribution < 1.29 is 9.55 Å². The van der Waals surface area contributed by atoms with Gasteiger partial charge in [-0.05, 0) is 35.4 Å². The van der Waals surface area contributed by atoms with E-state index in [0.29, 0.717) is 5.82 Å². The van der Waals surface area contributed by atoms with Crippen molar-refractivity contribution in [2.45, 2.75) is 6.92 Å². The van der Waals surface area contributed by atoms with Crippen LogP contribution >= 0.6 is 23.2 Å². The Balaban J connectivity index is 1.64. The van der Waals surface area contributed by atoms with E-state index in [2.05, 4.69) is 40.8 Å². The number of aromatic nitrogens is 4. The Morgan fingerprint density at radius 3 is 2.42 bits per heavy atom. The minimum absolute atomic E-state index is 0.0699. The molecule has 2 aromatic carbocycles. The van der Waals surface area contributed by atoms with Crippen molar-refractivity contribution in [3.63, 3.8) is 0 Å². The van der Waals surface area contributed by atoms with Gasteiger partial charge in [0.1, 0.15) is 5.02 Å². The van der Waals surface area contributed by atoms with Gasteiger partial charge in [0.15, 0.2) is 11.6 Å². The Morgan fingerprint density at radius 1 is 1.06 bits per heavy atom. The number of halogens is 2. The molecule has 4 rings (SSSR count). The van der Waals surface area contributed by atoms with E-state index < -0.39 is 4.92 Å². The highest BCUT2D eigenvalue weighted by Gasteiger charge is 2.16. The van der Waals surface area contributed by atoms with Crippen LogP contribution in [0.2, 0.25) is 10.0 Å². The van der Waals surface area contributed by atoms with Gasteiger partial charge in [0, 0.05) is 17.3 Å². The molecule has 0 unspecified atom stereocenters. The van der Waals surface area contributed by atoms with Crippen molar-refractivity contribution >= 4 is 63.7 Å². The van der Waals surface area contributed by atoms with E-state index in [1.807, 2.05) is 31.2 Å². The second-order valence-corrected chi connectivity index (χ2v) is 7.09. The number of nitrogens with zero attached hydrogens (tertiary/aromatic N) is 6. The van der Waals surface area contributed by atoms with Gasteiger partial charge in [-0.2, -0.15) is 10.1 Å². The summed E-state index contributed by atoms with van der Waals surface area (Å²) in [5.41, 5.74) is 4.97. The third kappa shape index (κ3) is 4.52. The Labute approximate surface area is 184 Å². The molecule has 0 aliphatic rings. The van der Waals surface area contributed by atoms with E-state index in [1.54, 1.807) is 0 Å². The molecule has 11 nitrogen and oxygen atoms in total. The summed E-state index contributed by atoms with van der Waals surface area (Å²) in [7, 11) is 0. The molecule has 2 aromatic heterocycles. The first-order valence-electron chi connectivity index (χ1n) is 8.67. The Hall–Kier alpha value is -3.83. The fraction of sp³-hybridized carbons (Fsp3) is 0.0556. The van der Waals surface area contributed by atoms with Gasteiger partial charge in [-0.25, -0.2) is 9.61 Å². The van der Waals surface area contributed by atoms with E-state index in [0.717, 1.165) is 11.3 Å². The Morgan fingerprint density at radius 2 is 1.74 bits per heavy atom. The summed E-state index contributed by atoms with van der Waals surface area (Å²) in [5.74, 6) is 0.539. The smallest absolute Gasteiger partial charge is 0.288 e. The highest BCUT2D eigenvalue weighted by molar-refractivity contribution is 6.37. The zero-order valence-corrected chi connectivity index (χ0v) is 17.2. The van der Waals surface area contributed by atoms with Gasteiger partial charge < -0.3 is 5.32 Å². The highest BCUT2D eigenvalue weighted by atomic mass is 35.5. The molecule has 0 spiro atoms. The standard InChI is InChI=1S/C18H12Cl2N8O3/c1-9-2-4-11(5-3-9)22-15-16(24-18-17(23-15)26-31-27-18)25-21-8-10-6-14(28(29)30)13(20)7-12(10)19/h2-8H,1H3,(H,22,23,26)(H,24,25,27)/b21-8-. The molecule has 156 valence electrons. The van der Waals surface area contributed by atoms with Crippen LogP contribution in [0.5, 0.6) is 0 Å². The third-order valence-corrected chi connectivity index (χ3v) is 4.70. The summed E-state index contributed by atoms with van der Waals surface area (Å²) in [5, 5.41) is 25.8. The average molecular weight is 459 g/mol. The number of nitro benzene ring substituents is 1. The Bertz CT molecular complexity index is 1310. The SMILES string of the molecule is Cc1ccc(Nc2nc3nonc3nc2N/N=C\c2cc([N+](=O)[O-])c(Cl)cc2Cl)cc1. The molecule has 0 aliphatic heterocycles. The first kappa shape index (κ1) is 20.4. The summed E-state index contributed by atoms with van der Waals surface area (Å²) >= 11 is 11.9. The van der Waals surface area contributed by atoms with Gasteiger partial charge in [-0.15, -0.1) is 0 Å². The maximum Gasteiger partial charge on any atom is 0.288 e. The monoisotopic (exact) mass is 458 g/mol. The van der Waals surface area contributed by atoms with E-state index >= 15 is 0 Å². The number of aryl methyl sites for hydroxylation is 1. The molecule has 2 heterocycles. The van der Waals surface area contributed by atoms with E-state index in [9.17, 15) is 10.1 Å². The van der Waals surface area contributed by atoms with E-state index in [1.165, 1.54) is 18.3 Å². The minimum atomic E-state index is -0.607. The van der Waals surface area contributed by atoms with Crippen LogP contribution in [0.1, 0.15) is 11.1 Å². The molecule has 0 radical (unpaired) electrons. The number of nitrogens with one attached hydrogen (secondary N) is 2. The van der Waals surface area contributed by atoms with Crippen LogP contribution in [-0.2, 0) is 0 Å². The molecule has 0 saturated heterocycles. The number of benzene rings is 2. The predicted molar refractivity (Wildman–Crippen MR) is 116 cm³/mol. The summed E-state index contributed by atoms with van der Waals surface area (Å²) in [4.78, 5) is 19.1. The number of hydrogen-bond donors (Lipinski definition) is 2. The molecule has 0 atom stereocenters. The summed E-state index contributed by atoms with van der Waals surface area (Å²) < 4.78 is 4.66. The molecule has 2 N–H and O–H groups in total. The van der Waals surface area contributed by atoms with Crippen LogP contribution in [0.4, 0.5) is 23.0 Å². The summed E-state index contributed by atoms with van der Waals surface area (Å²) in [6, 6.07) is 10.1. The lowest BCUT2D eigenvalue weighted by Gasteiger charge is -2.09. The van der Waals surface area contributed by atoms with Crippen molar-refractivity contribution in [3.8, 4) is 0 Å². The number of fused-ring (bicyclic) bond motifs is 1. The van der Waals surface area contributed by atoms with Crippen LogP contribution < -0.4 is 10.7 Å². The molecule has 0 fully saturated rings. The fourth-order valence-electron chi connectivity index (χ4n) is 2.53. The van der Waals surface area contributed by atoms with Crippen molar-refractivity contribution in [2.24, 2.45) is 5.10 Å². The third-order valence-electron chi connectivity index (χ3n) is 4.07. The number of anilines is 3. The molecule has 0 amide bonds. The number of hydrazone groups is 1. The minimum Gasteiger partial charge on any atom is -0.337 e. The average Bonchev–Trinajstić information content (AvgIpc) is 3.18. The highest BCUT2D eigenvalue weighted by Crippen LogP contribution is 2.30. The van der Waals surface area contributed by atoms with Crippen molar-refractivity contribution in [1.82, 2.24) is 20.3 Å². The first-order chi connectivity index (χ1) is 14.9. The van der Waals surface area contributed by atoms with Crippen molar-refractivity contribution in [2.75, 3.05) is 10.7 Å². The van der Waals surface area contributed by atoms with E-state index in [4.69, 9.17) is 23.2 Å². The summed E-state index contributed by atoms with van der Waals surface area (Å²) in [6.07, 6.45) is 1.30. The van der Waals surface area contributed by atoms with Crippen LogP contribution in [0.3, 0.4) is 0 Å². The molecule has 13 heteroatoms. The van der Waals surface area contributed by atoms with Gasteiger partial charge in [-0.1, -0.05) is 40.9 Å². The second kappa shape index (κ2) is 8.50.